The van der Waals surface area contributed by atoms with Gasteiger partial charge in [-0.25, -0.2) is 18.4 Å². The van der Waals surface area contributed by atoms with Crippen molar-refractivity contribution in [1.82, 2.24) is 19.7 Å². The number of aryl methyl sites for hydroxylation is 1. The molecule has 0 atom stereocenters. The average molecular weight is 372 g/mol. The molecule has 4 rings (SSSR count). The van der Waals surface area contributed by atoms with E-state index in [1.807, 2.05) is 24.3 Å². The Hall–Kier alpha value is -2.68. The molecule has 1 aromatic carbocycles. The van der Waals surface area contributed by atoms with Crippen LogP contribution in [0.5, 0.6) is 0 Å². The Balaban J connectivity index is 1.79. The Bertz CT molecular complexity index is 1040. The van der Waals surface area contributed by atoms with Gasteiger partial charge in [-0.05, 0) is 31.4 Å². The van der Waals surface area contributed by atoms with Crippen LogP contribution in [0.3, 0.4) is 0 Å². The largest absolute Gasteiger partial charge is 0.354 e. The Morgan fingerprint density at radius 2 is 1.73 bits per heavy atom. The van der Waals surface area contributed by atoms with E-state index in [1.54, 1.807) is 7.05 Å². The Morgan fingerprint density at radius 1 is 1.04 bits per heavy atom. The fourth-order valence-electron chi connectivity index (χ4n) is 3.11. The summed E-state index contributed by atoms with van der Waals surface area (Å²) < 4.78 is 29.5. The van der Waals surface area contributed by atoms with E-state index in [0.717, 1.165) is 31.4 Å². The first-order valence-electron chi connectivity index (χ1n) is 8.56. The lowest BCUT2D eigenvalue weighted by Gasteiger charge is -2.29. The predicted molar refractivity (Wildman–Crippen MR) is 99.6 cm³/mol. The molecular weight excluding hydrogens is 352 g/mol. The monoisotopic (exact) mass is 372 g/mol. The Morgan fingerprint density at radius 3 is 2.38 bits per heavy atom. The van der Waals surface area contributed by atoms with Crippen LogP contribution in [0, 0.1) is 0 Å². The molecule has 1 saturated heterocycles. The van der Waals surface area contributed by atoms with Crippen LogP contribution < -0.4 is 9.62 Å². The van der Waals surface area contributed by atoms with Gasteiger partial charge in [0.05, 0.1) is 17.2 Å². The van der Waals surface area contributed by atoms with Crippen molar-refractivity contribution in [1.29, 1.82) is 0 Å². The second-order valence-electron chi connectivity index (χ2n) is 6.39. The van der Waals surface area contributed by atoms with E-state index in [1.165, 1.54) is 23.5 Å². The van der Waals surface area contributed by atoms with Crippen LogP contribution in [-0.2, 0) is 17.1 Å². The molecule has 1 aliphatic heterocycles. The van der Waals surface area contributed by atoms with Gasteiger partial charge in [0.15, 0.2) is 11.6 Å². The SMILES string of the molecule is Cn1cc(S(=O)(=O)Nc2nc3ccccc3nc2N2CCCCC2)cn1. The van der Waals surface area contributed by atoms with Crippen LogP contribution in [-0.4, -0.2) is 41.3 Å². The summed E-state index contributed by atoms with van der Waals surface area (Å²) in [6, 6.07) is 7.47. The summed E-state index contributed by atoms with van der Waals surface area (Å²) in [5.41, 5.74) is 1.40. The molecule has 0 aliphatic carbocycles. The normalized spacial score (nSPS) is 15.3. The third kappa shape index (κ3) is 3.22. The zero-order chi connectivity index (χ0) is 18.1. The molecule has 8 nitrogen and oxygen atoms in total. The molecule has 26 heavy (non-hydrogen) atoms. The van der Waals surface area contributed by atoms with Gasteiger partial charge in [0, 0.05) is 26.3 Å². The summed E-state index contributed by atoms with van der Waals surface area (Å²) in [6.45, 7) is 1.68. The Kier molecular flexibility index (Phi) is 4.23. The highest BCUT2D eigenvalue weighted by Crippen LogP contribution is 2.29. The maximum absolute atomic E-state index is 12.7. The molecule has 0 radical (unpaired) electrons. The van der Waals surface area contributed by atoms with E-state index in [2.05, 4.69) is 19.7 Å². The molecular formula is C17H20N6O2S. The number of para-hydroxylation sites is 2. The molecule has 0 bridgehead atoms. The van der Waals surface area contributed by atoms with E-state index in [-0.39, 0.29) is 10.7 Å². The van der Waals surface area contributed by atoms with Crippen molar-refractivity contribution in [3.05, 3.63) is 36.7 Å². The minimum Gasteiger partial charge on any atom is -0.354 e. The predicted octanol–water partition coefficient (Wildman–Crippen LogP) is 2.15. The molecule has 0 spiro atoms. The zero-order valence-electron chi connectivity index (χ0n) is 14.5. The maximum Gasteiger partial charge on any atom is 0.266 e. The summed E-state index contributed by atoms with van der Waals surface area (Å²) in [5, 5.41) is 3.94. The number of fused-ring (bicyclic) bond motifs is 1. The van der Waals surface area contributed by atoms with Crippen LogP contribution in [0.2, 0.25) is 0 Å². The summed E-state index contributed by atoms with van der Waals surface area (Å²) >= 11 is 0. The zero-order valence-corrected chi connectivity index (χ0v) is 15.3. The van der Waals surface area contributed by atoms with Gasteiger partial charge in [-0.3, -0.25) is 9.40 Å². The number of piperidine rings is 1. The molecule has 2 aromatic heterocycles. The van der Waals surface area contributed by atoms with Gasteiger partial charge in [-0.15, -0.1) is 0 Å². The second kappa shape index (κ2) is 6.56. The number of hydrogen-bond donors (Lipinski definition) is 1. The van der Waals surface area contributed by atoms with Crippen LogP contribution in [0.15, 0.2) is 41.6 Å². The number of aromatic nitrogens is 4. The van der Waals surface area contributed by atoms with Crippen molar-refractivity contribution in [2.75, 3.05) is 22.7 Å². The van der Waals surface area contributed by atoms with Crippen molar-refractivity contribution in [3.8, 4) is 0 Å². The van der Waals surface area contributed by atoms with E-state index < -0.39 is 10.0 Å². The van der Waals surface area contributed by atoms with Crippen LogP contribution >= 0.6 is 0 Å². The lowest BCUT2D eigenvalue weighted by atomic mass is 10.1. The number of benzene rings is 1. The van der Waals surface area contributed by atoms with E-state index >= 15 is 0 Å². The number of nitrogens with one attached hydrogen (secondary N) is 1. The van der Waals surface area contributed by atoms with Crippen molar-refractivity contribution < 1.29 is 8.42 Å². The topological polar surface area (TPSA) is 93.0 Å². The molecule has 9 heteroatoms. The highest BCUT2D eigenvalue weighted by atomic mass is 32.2. The molecule has 3 heterocycles. The maximum atomic E-state index is 12.7. The molecule has 1 aliphatic rings. The van der Waals surface area contributed by atoms with Crippen LogP contribution in [0.4, 0.5) is 11.6 Å². The van der Waals surface area contributed by atoms with Crippen molar-refractivity contribution >= 4 is 32.7 Å². The lowest BCUT2D eigenvalue weighted by molar-refractivity contribution is 0.574. The molecule has 1 N–H and O–H groups in total. The van der Waals surface area contributed by atoms with Gasteiger partial charge in [0.2, 0.25) is 0 Å². The number of nitrogens with zero attached hydrogens (tertiary/aromatic N) is 5. The lowest BCUT2D eigenvalue weighted by Crippen LogP contribution is -2.31. The third-order valence-electron chi connectivity index (χ3n) is 4.43. The first-order valence-corrected chi connectivity index (χ1v) is 10.0. The van der Waals surface area contributed by atoms with Gasteiger partial charge in [-0.1, -0.05) is 12.1 Å². The number of anilines is 2. The average Bonchev–Trinajstić information content (AvgIpc) is 3.09. The third-order valence-corrected chi connectivity index (χ3v) is 5.72. The quantitative estimate of drug-likeness (QED) is 0.754. The molecule has 0 unspecified atom stereocenters. The fraction of sp³-hybridized carbons (Fsp3) is 0.353. The van der Waals surface area contributed by atoms with Crippen molar-refractivity contribution in [3.63, 3.8) is 0 Å². The summed E-state index contributed by atoms with van der Waals surface area (Å²) in [5.74, 6) is 0.838. The number of sulfonamides is 1. The number of hydrogen-bond acceptors (Lipinski definition) is 6. The van der Waals surface area contributed by atoms with Gasteiger partial charge < -0.3 is 4.90 Å². The van der Waals surface area contributed by atoms with Gasteiger partial charge in [0.25, 0.3) is 10.0 Å². The van der Waals surface area contributed by atoms with Gasteiger partial charge >= 0.3 is 0 Å². The van der Waals surface area contributed by atoms with E-state index in [0.29, 0.717) is 11.3 Å². The molecule has 136 valence electrons. The number of rotatable bonds is 4. The fourth-order valence-corrected chi connectivity index (χ4v) is 4.10. The second-order valence-corrected chi connectivity index (χ2v) is 8.07. The highest BCUT2D eigenvalue weighted by molar-refractivity contribution is 7.92. The van der Waals surface area contributed by atoms with Gasteiger partial charge in [0.1, 0.15) is 4.90 Å². The van der Waals surface area contributed by atoms with Crippen LogP contribution in [0.25, 0.3) is 11.0 Å². The van der Waals surface area contributed by atoms with Crippen LogP contribution in [0.1, 0.15) is 19.3 Å². The molecule has 0 saturated carbocycles. The summed E-state index contributed by atoms with van der Waals surface area (Å²) in [6.07, 6.45) is 6.07. The minimum absolute atomic E-state index is 0.0968. The standard InChI is InChI=1S/C17H20N6O2S/c1-22-12-13(11-18-22)26(24,25)21-16-17(23-9-5-2-6-10-23)20-15-8-4-3-7-14(15)19-16/h3-4,7-8,11-12H,2,5-6,9-10H2,1H3,(H,19,21). The molecule has 0 amide bonds. The minimum atomic E-state index is -3.78. The van der Waals surface area contributed by atoms with Crippen molar-refractivity contribution in [2.45, 2.75) is 24.2 Å². The molecule has 3 aromatic rings. The highest BCUT2D eigenvalue weighted by Gasteiger charge is 2.23. The summed E-state index contributed by atoms with van der Waals surface area (Å²) in [4.78, 5) is 11.4. The van der Waals surface area contributed by atoms with Crippen molar-refractivity contribution in [2.24, 2.45) is 7.05 Å². The smallest absolute Gasteiger partial charge is 0.266 e. The Labute approximate surface area is 151 Å². The first kappa shape index (κ1) is 16.8. The van der Waals surface area contributed by atoms with E-state index in [9.17, 15) is 8.42 Å². The summed E-state index contributed by atoms with van der Waals surface area (Å²) in [7, 11) is -2.11. The molecule has 1 fully saturated rings. The van der Waals surface area contributed by atoms with Gasteiger partial charge in [-0.2, -0.15) is 5.10 Å². The van der Waals surface area contributed by atoms with E-state index in [4.69, 9.17) is 4.98 Å². The first-order chi connectivity index (χ1) is 12.5.